The first-order chi connectivity index (χ1) is 12.0. The molecule has 1 heterocycles. The van der Waals surface area contributed by atoms with Crippen LogP contribution in [0.25, 0.3) is 0 Å². The number of benzene rings is 2. The summed E-state index contributed by atoms with van der Waals surface area (Å²) in [5.74, 6) is 1.42. The summed E-state index contributed by atoms with van der Waals surface area (Å²) in [5.41, 5.74) is 0.878. The summed E-state index contributed by atoms with van der Waals surface area (Å²) in [6.45, 7) is 0.926. The predicted octanol–water partition coefficient (Wildman–Crippen LogP) is 3.53. The van der Waals surface area contributed by atoms with Crippen molar-refractivity contribution >= 4 is 21.8 Å². The maximum atomic E-state index is 12.1. The fourth-order valence-electron chi connectivity index (χ4n) is 2.90. The van der Waals surface area contributed by atoms with Gasteiger partial charge in [-0.05, 0) is 75.2 Å². The van der Waals surface area contributed by atoms with Gasteiger partial charge in [0.05, 0.1) is 4.90 Å². The standard InChI is InChI=1S/C18H22N2O3S2/c1-19-25(21,22)15-9-10-18(16(12-15)17-4-3-11-20-17)23-13-5-7-14(24-2)8-6-13/h5-10,12,17,19-20H,3-4,11H2,1-2H3. The van der Waals surface area contributed by atoms with E-state index in [2.05, 4.69) is 10.0 Å². The molecule has 7 heteroatoms. The van der Waals surface area contributed by atoms with Crippen LogP contribution in [-0.4, -0.2) is 28.3 Å². The van der Waals surface area contributed by atoms with Crippen LogP contribution in [0.4, 0.5) is 0 Å². The van der Waals surface area contributed by atoms with Crippen molar-refractivity contribution in [2.24, 2.45) is 0 Å². The van der Waals surface area contributed by atoms with Gasteiger partial charge in [0.25, 0.3) is 0 Å². The summed E-state index contributed by atoms with van der Waals surface area (Å²) >= 11 is 1.68. The number of thioether (sulfide) groups is 1. The molecule has 1 fully saturated rings. The van der Waals surface area contributed by atoms with Crippen LogP contribution in [0, 0.1) is 0 Å². The van der Waals surface area contributed by atoms with Crippen LogP contribution in [0.1, 0.15) is 24.4 Å². The van der Waals surface area contributed by atoms with Crippen molar-refractivity contribution in [1.29, 1.82) is 0 Å². The minimum atomic E-state index is -3.48. The van der Waals surface area contributed by atoms with Crippen molar-refractivity contribution in [2.45, 2.75) is 28.7 Å². The van der Waals surface area contributed by atoms with E-state index in [1.54, 1.807) is 30.0 Å². The van der Waals surface area contributed by atoms with Crippen molar-refractivity contribution in [3.63, 3.8) is 0 Å². The molecule has 0 radical (unpaired) electrons. The van der Waals surface area contributed by atoms with Gasteiger partial charge < -0.3 is 10.1 Å². The third-order valence-electron chi connectivity index (χ3n) is 4.28. The highest BCUT2D eigenvalue weighted by Crippen LogP contribution is 2.35. The van der Waals surface area contributed by atoms with Crippen molar-refractivity contribution in [1.82, 2.24) is 10.0 Å². The minimum absolute atomic E-state index is 0.104. The molecule has 1 aliphatic heterocycles. The highest BCUT2D eigenvalue weighted by Gasteiger charge is 2.23. The third-order valence-corrected chi connectivity index (χ3v) is 6.44. The highest BCUT2D eigenvalue weighted by atomic mass is 32.2. The predicted molar refractivity (Wildman–Crippen MR) is 101 cm³/mol. The number of rotatable bonds is 6. The fraction of sp³-hybridized carbons (Fsp3) is 0.333. The summed E-state index contributed by atoms with van der Waals surface area (Å²) < 4.78 is 32.7. The van der Waals surface area contributed by atoms with Gasteiger partial charge in [-0.2, -0.15) is 0 Å². The normalized spacial score (nSPS) is 17.6. The average molecular weight is 379 g/mol. The molecule has 25 heavy (non-hydrogen) atoms. The van der Waals surface area contributed by atoms with E-state index in [-0.39, 0.29) is 10.9 Å². The van der Waals surface area contributed by atoms with Gasteiger partial charge in [-0.1, -0.05) is 0 Å². The van der Waals surface area contributed by atoms with E-state index < -0.39 is 10.0 Å². The Hall–Kier alpha value is -1.54. The Kier molecular flexibility index (Phi) is 5.68. The van der Waals surface area contributed by atoms with E-state index in [1.165, 1.54) is 11.9 Å². The van der Waals surface area contributed by atoms with Crippen molar-refractivity contribution < 1.29 is 13.2 Å². The molecule has 1 unspecified atom stereocenters. The van der Waals surface area contributed by atoms with Crippen molar-refractivity contribution in [2.75, 3.05) is 19.8 Å². The maximum absolute atomic E-state index is 12.1. The molecular weight excluding hydrogens is 356 g/mol. The number of sulfonamides is 1. The summed E-state index contributed by atoms with van der Waals surface area (Å²) in [7, 11) is -2.07. The monoisotopic (exact) mass is 378 g/mol. The first-order valence-corrected chi connectivity index (χ1v) is 10.9. The van der Waals surface area contributed by atoms with Crippen LogP contribution in [-0.2, 0) is 10.0 Å². The quantitative estimate of drug-likeness (QED) is 0.753. The SMILES string of the molecule is CNS(=O)(=O)c1ccc(Oc2ccc(SC)cc2)c(C2CCCN2)c1. The summed E-state index contributed by atoms with van der Waals surface area (Å²) in [4.78, 5) is 1.42. The molecule has 0 saturated carbocycles. The summed E-state index contributed by atoms with van der Waals surface area (Å²) in [6, 6.07) is 13.0. The number of nitrogens with one attached hydrogen (secondary N) is 2. The lowest BCUT2D eigenvalue weighted by Gasteiger charge is -2.18. The Morgan fingerprint density at radius 1 is 1.20 bits per heavy atom. The van der Waals surface area contributed by atoms with Crippen molar-refractivity contribution in [3.05, 3.63) is 48.0 Å². The lowest BCUT2D eigenvalue weighted by molar-refractivity contribution is 0.464. The Labute approximate surface area is 153 Å². The Bertz CT molecular complexity index is 830. The van der Waals surface area contributed by atoms with Gasteiger partial charge in [0.15, 0.2) is 0 Å². The van der Waals surface area contributed by atoms with E-state index in [4.69, 9.17) is 4.74 Å². The van der Waals surface area contributed by atoms with E-state index in [0.29, 0.717) is 5.75 Å². The van der Waals surface area contributed by atoms with Gasteiger partial charge in [0.2, 0.25) is 10.0 Å². The second kappa shape index (κ2) is 7.78. The van der Waals surface area contributed by atoms with E-state index in [1.807, 2.05) is 30.5 Å². The molecule has 1 atom stereocenters. The average Bonchev–Trinajstić information content (AvgIpc) is 3.17. The zero-order chi connectivity index (χ0) is 17.9. The van der Waals surface area contributed by atoms with Gasteiger partial charge in [-0.25, -0.2) is 13.1 Å². The first-order valence-electron chi connectivity index (χ1n) is 8.16. The van der Waals surface area contributed by atoms with Gasteiger partial charge >= 0.3 is 0 Å². The Morgan fingerprint density at radius 2 is 1.96 bits per heavy atom. The minimum Gasteiger partial charge on any atom is -0.457 e. The third kappa shape index (κ3) is 4.17. The molecule has 0 aliphatic carbocycles. The molecule has 1 aliphatic rings. The van der Waals surface area contributed by atoms with Gasteiger partial charge in [0.1, 0.15) is 11.5 Å². The molecule has 5 nitrogen and oxygen atoms in total. The fourth-order valence-corrected chi connectivity index (χ4v) is 4.07. The second-order valence-electron chi connectivity index (χ2n) is 5.83. The van der Waals surface area contributed by atoms with Gasteiger partial charge in [0, 0.05) is 16.5 Å². The molecule has 2 aromatic carbocycles. The van der Waals surface area contributed by atoms with Crippen LogP contribution in [0.2, 0.25) is 0 Å². The molecule has 0 bridgehead atoms. The van der Waals surface area contributed by atoms with E-state index >= 15 is 0 Å². The molecule has 2 aromatic rings. The molecule has 1 saturated heterocycles. The number of hydrogen-bond acceptors (Lipinski definition) is 5. The molecule has 0 spiro atoms. The highest BCUT2D eigenvalue weighted by molar-refractivity contribution is 7.98. The zero-order valence-corrected chi connectivity index (χ0v) is 15.9. The molecule has 0 amide bonds. The molecule has 0 aromatic heterocycles. The maximum Gasteiger partial charge on any atom is 0.240 e. The molecule has 3 rings (SSSR count). The van der Waals surface area contributed by atoms with Crippen LogP contribution in [0.5, 0.6) is 11.5 Å². The van der Waals surface area contributed by atoms with Crippen molar-refractivity contribution in [3.8, 4) is 11.5 Å². The van der Waals surface area contributed by atoms with E-state index in [9.17, 15) is 8.42 Å². The van der Waals surface area contributed by atoms with Crippen LogP contribution in [0.15, 0.2) is 52.3 Å². The Morgan fingerprint density at radius 3 is 2.56 bits per heavy atom. The van der Waals surface area contributed by atoms with Crippen LogP contribution < -0.4 is 14.8 Å². The van der Waals surface area contributed by atoms with Gasteiger partial charge in [-0.3, -0.25) is 0 Å². The molecule has 134 valence electrons. The smallest absolute Gasteiger partial charge is 0.240 e. The Balaban J connectivity index is 1.96. The molecular formula is C18H22N2O3S2. The summed E-state index contributed by atoms with van der Waals surface area (Å²) in [5, 5.41) is 3.42. The lowest BCUT2D eigenvalue weighted by atomic mass is 10.0. The largest absolute Gasteiger partial charge is 0.457 e. The second-order valence-corrected chi connectivity index (χ2v) is 8.60. The molecule has 2 N–H and O–H groups in total. The van der Waals surface area contributed by atoms with Gasteiger partial charge in [-0.15, -0.1) is 11.8 Å². The van der Waals surface area contributed by atoms with Crippen LogP contribution >= 0.6 is 11.8 Å². The number of ether oxygens (including phenoxy) is 1. The topological polar surface area (TPSA) is 67.4 Å². The van der Waals surface area contributed by atoms with Crippen LogP contribution in [0.3, 0.4) is 0 Å². The zero-order valence-electron chi connectivity index (χ0n) is 14.3. The lowest BCUT2D eigenvalue weighted by Crippen LogP contribution is -2.20. The number of hydrogen-bond donors (Lipinski definition) is 2. The summed E-state index contributed by atoms with van der Waals surface area (Å²) in [6.07, 6.45) is 4.06. The first kappa shape index (κ1) is 18.3. The van der Waals surface area contributed by atoms with E-state index in [0.717, 1.165) is 30.7 Å².